The third-order valence-electron chi connectivity index (χ3n) is 3.18. The van der Waals surface area contributed by atoms with E-state index in [0.29, 0.717) is 24.2 Å². The fourth-order valence-corrected chi connectivity index (χ4v) is 2.22. The number of benzene rings is 1. The minimum absolute atomic E-state index is 0.0974. The van der Waals surface area contributed by atoms with E-state index >= 15 is 0 Å². The molecule has 0 fully saturated rings. The van der Waals surface area contributed by atoms with Crippen molar-refractivity contribution in [1.29, 1.82) is 0 Å². The quantitative estimate of drug-likeness (QED) is 0.812. The maximum absolute atomic E-state index is 12.6. The van der Waals surface area contributed by atoms with Gasteiger partial charge in [0, 0.05) is 13.1 Å². The number of rotatable bonds is 6. The molecule has 1 aromatic rings. The molecule has 20 heavy (non-hydrogen) atoms. The average Bonchev–Trinajstić information content (AvgIpc) is 2.39. The number of carboxylic acids is 1. The molecule has 1 rings (SSSR count). The van der Waals surface area contributed by atoms with Gasteiger partial charge in [0.25, 0.3) is 5.91 Å². The Morgan fingerprint density at radius 2 is 1.80 bits per heavy atom. The molecule has 0 aliphatic heterocycles. The summed E-state index contributed by atoms with van der Waals surface area (Å²) < 4.78 is 0. The molecule has 0 saturated heterocycles. The molecule has 0 saturated carbocycles. The minimum Gasteiger partial charge on any atom is -0.478 e. The Labute approximate surface area is 119 Å². The van der Waals surface area contributed by atoms with E-state index in [0.717, 1.165) is 6.42 Å². The fourth-order valence-electron chi connectivity index (χ4n) is 2.22. The summed E-state index contributed by atoms with van der Waals surface area (Å²) in [6, 6.07) is 3.51. The second kappa shape index (κ2) is 6.89. The molecule has 108 valence electrons. The van der Waals surface area contributed by atoms with Gasteiger partial charge in [-0.1, -0.05) is 25.1 Å². The summed E-state index contributed by atoms with van der Waals surface area (Å²) in [6.45, 7) is 10.1. The second-order valence-corrected chi connectivity index (χ2v) is 4.79. The maximum Gasteiger partial charge on any atom is 0.336 e. The number of aromatic carboxylic acids is 1. The Bertz CT molecular complexity index is 535. The van der Waals surface area contributed by atoms with Crippen LogP contribution in [0.4, 0.5) is 0 Å². The topological polar surface area (TPSA) is 57.6 Å². The largest absolute Gasteiger partial charge is 0.478 e. The van der Waals surface area contributed by atoms with Crippen LogP contribution < -0.4 is 0 Å². The summed E-state index contributed by atoms with van der Waals surface area (Å²) in [7, 11) is 0. The van der Waals surface area contributed by atoms with Gasteiger partial charge in [0.1, 0.15) is 0 Å². The zero-order valence-electron chi connectivity index (χ0n) is 12.3. The van der Waals surface area contributed by atoms with Crippen LogP contribution in [-0.4, -0.2) is 35.0 Å². The first-order valence-corrected chi connectivity index (χ1v) is 6.67. The van der Waals surface area contributed by atoms with Gasteiger partial charge in [-0.3, -0.25) is 4.79 Å². The molecule has 0 aliphatic carbocycles. The van der Waals surface area contributed by atoms with Crippen LogP contribution >= 0.6 is 0 Å². The molecule has 1 aromatic carbocycles. The van der Waals surface area contributed by atoms with Crippen LogP contribution in [0.15, 0.2) is 24.8 Å². The van der Waals surface area contributed by atoms with Gasteiger partial charge in [0.15, 0.2) is 0 Å². The van der Waals surface area contributed by atoms with E-state index in [1.807, 2.05) is 6.92 Å². The van der Waals surface area contributed by atoms with Crippen LogP contribution in [0.2, 0.25) is 0 Å². The third-order valence-corrected chi connectivity index (χ3v) is 3.18. The first-order chi connectivity index (χ1) is 9.43. The predicted octanol–water partition coefficient (Wildman–Crippen LogP) is 3.04. The summed E-state index contributed by atoms with van der Waals surface area (Å²) >= 11 is 0. The van der Waals surface area contributed by atoms with Crippen molar-refractivity contribution in [3.8, 4) is 0 Å². The normalized spacial score (nSPS) is 10.2. The lowest BCUT2D eigenvalue weighted by Crippen LogP contribution is -2.33. The van der Waals surface area contributed by atoms with E-state index in [1.165, 1.54) is 0 Å². The van der Waals surface area contributed by atoms with Gasteiger partial charge in [0.05, 0.1) is 11.1 Å². The lowest BCUT2D eigenvalue weighted by Gasteiger charge is -2.23. The number of nitrogens with zero attached hydrogens (tertiary/aromatic N) is 1. The van der Waals surface area contributed by atoms with Crippen LogP contribution in [0.5, 0.6) is 0 Å². The highest BCUT2D eigenvalue weighted by Crippen LogP contribution is 2.21. The van der Waals surface area contributed by atoms with Crippen LogP contribution in [-0.2, 0) is 0 Å². The number of carbonyl (C=O) groups is 2. The summed E-state index contributed by atoms with van der Waals surface area (Å²) in [5.41, 5.74) is 1.66. The molecule has 0 aromatic heterocycles. The maximum atomic E-state index is 12.6. The molecule has 1 N–H and O–H groups in total. The summed E-state index contributed by atoms with van der Waals surface area (Å²) in [5, 5.41) is 9.37. The molecule has 0 unspecified atom stereocenters. The van der Waals surface area contributed by atoms with Crippen molar-refractivity contribution < 1.29 is 14.7 Å². The molecular formula is C16H21NO3. The summed E-state index contributed by atoms with van der Waals surface area (Å²) in [4.78, 5) is 25.7. The van der Waals surface area contributed by atoms with Crippen molar-refractivity contribution in [3.05, 3.63) is 47.0 Å². The van der Waals surface area contributed by atoms with Gasteiger partial charge in [0.2, 0.25) is 0 Å². The standard InChI is InChI=1S/C16H21NO3/c1-5-9-17(10-6-2)15(18)13-11(3)7-8-12(4)14(13)16(19)20/h5,7-8H,1,6,9-10H2,2-4H3,(H,19,20). The Hall–Kier alpha value is -2.10. The zero-order valence-corrected chi connectivity index (χ0v) is 12.3. The molecule has 4 heteroatoms. The van der Waals surface area contributed by atoms with Gasteiger partial charge < -0.3 is 10.0 Å². The average molecular weight is 275 g/mol. The third kappa shape index (κ3) is 3.26. The first-order valence-electron chi connectivity index (χ1n) is 6.67. The van der Waals surface area contributed by atoms with Crippen molar-refractivity contribution in [2.75, 3.05) is 13.1 Å². The molecule has 4 nitrogen and oxygen atoms in total. The molecule has 0 atom stereocenters. The highest BCUT2D eigenvalue weighted by molar-refractivity contribution is 6.06. The van der Waals surface area contributed by atoms with E-state index in [-0.39, 0.29) is 17.0 Å². The van der Waals surface area contributed by atoms with Crippen LogP contribution in [0, 0.1) is 13.8 Å². The number of aryl methyl sites for hydroxylation is 2. The number of carboxylic acid groups (broad SMARTS) is 1. The highest BCUT2D eigenvalue weighted by atomic mass is 16.4. The number of hydrogen-bond donors (Lipinski definition) is 1. The van der Waals surface area contributed by atoms with Crippen molar-refractivity contribution in [2.24, 2.45) is 0 Å². The van der Waals surface area contributed by atoms with Crippen molar-refractivity contribution in [2.45, 2.75) is 27.2 Å². The smallest absolute Gasteiger partial charge is 0.336 e. The Balaban J connectivity index is 3.36. The number of hydrogen-bond acceptors (Lipinski definition) is 2. The molecular weight excluding hydrogens is 254 g/mol. The number of amides is 1. The molecule has 0 aliphatic rings. The van der Waals surface area contributed by atoms with Crippen molar-refractivity contribution in [3.63, 3.8) is 0 Å². The van der Waals surface area contributed by atoms with Crippen LogP contribution in [0.3, 0.4) is 0 Å². The minimum atomic E-state index is -1.07. The Morgan fingerprint density at radius 3 is 2.25 bits per heavy atom. The number of carbonyl (C=O) groups excluding carboxylic acids is 1. The van der Waals surface area contributed by atoms with E-state index in [1.54, 1.807) is 37.0 Å². The van der Waals surface area contributed by atoms with E-state index in [9.17, 15) is 14.7 Å². The summed E-state index contributed by atoms with van der Waals surface area (Å²) in [5.74, 6) is -1.31. The first kappa shape index (κ1) is 16.0. The lowest BCUT2D eigenvalue weighted by atomic mass is 9.96. The molecule has 1 amide bonds. The van der Waals surface area contributed by atoms with Gasteiger partial charge in [-0.05, 0) is 31.4 Å². The SMILES string of the molecule is C=CCN(CCC)C(=O)c1c(C)ccc(C)c1C(=O)O. The van der Waals surface area contributed by atoms with Gasteiger partial charge >= 0.3 is 5.97 Å². The monoisotopic (exact) mass is 275 g/mol. The van der Waals surface area contributed by atoms with Gasteiger partial charge in [-0.15, -0.1) is 6.58 Å². The van der Waals surface area contributed by atoms with E-state index in [2.05, 4.69) is 6.58 Å². The zero-order chi connectivity index (χ0) is 15.3. The van der Waals surface area contributed by atoms with Gasteiger partial charge in [-0.2, -0.15) is 0 Å². The van der Waals surface area contributed by atoms with E-state index < -0.39 is 5.97 Å². The Kier molecular flexibility index (Phi) is 5.50. The van der Waals surface area contributed by atoms with Crippen molar-refractivity contribution >= 4 is 11.9 Å². The van der Waals surface area contributed by atoms with Crippen LogP contribution in [0.1, 0.15) is 45.2 Å². The fraction of sp³-hybridized carbons (Fsp3) is 0.375. The molecule has 0 spiro atoms. The van der Waals surface area contributed by atoms with Crippen LogP contribution in [0.25, 0.3) is 0 Å². The lowest BCUT2D eigenvalue weighted by molar-refractivity contribution is 0.0677. The molecule has 0 radical (unpaired) electrons. The van der Waals surface area contributed by atoms with Gasteiger partial charge in [-0.25, -0.2) is 4.79 Å². The van der Waals surface area contributed by atoms with Crippen molar-refractivity contribution in [1.82, 2.24) is 4.90 Å². The summed E-state index contributed by atoms with van der Waals surface area (Å²) in [6.07, 6.45) is 2.46. The molecule has 0 heterocycles. The Morgan fingerprint density at radius 1 is 1.25 bits per heavy atom. The highest BCUT2D eigenvalue weighted by Gasteiger charge is 2.24. The molecule has 0 bridgehead atoms. The second-order valence-electron chi connectivity index (χ2n) is 4.79. The predicted molar refractivity (Wildman–Crippen MR) is 79.3 cm³/mol. The van der Waals surface area contributed by atoms with E-state index in [4.69, 9.17) is 0 Å².